The van der Waals surface area contributed by atoms with Crippen molar-refractivity contribution < 1.29 is 4.74 Å². The molecular weight excluding hydrogens is 298 g/mol. The molecule has 0 unspecified atom stereocenters. The first-order chi connectivity index (χ1) is 10.7. The smallest absolute Gasteiger partial charge is 0.264 e. The summed E-state index contributed by atoms with van der Waals surface area (Å²) in [6.45, 7) is 2.03. The lowest BCUT2D eigenvalue weighted by Crippen LogP contribution is -2.22. The predicted molar refractivity (Wildman–Crippen MR) is 90.5 cm³/mol. The largest absolute Gasteiger partial charge is 0.497 e. The highest BCUT2D eigenvalue weighted by molar-refractivity contribution is 6.35. The van der Waals surface area contributed by atoms with Crippen molar-refractivity contribution >= 4 is 22.4 Å². The summed E-state index contributed by atoms with van der Waals surface area (Å²) in [4.78, 5) is 12.9. The zero-order valence-corrected chi connectivity index (χ0v) is 13.2. The SMILES string of the molecule is CCc1cc2cccc(Cl)c2c(=O)n1-c1ccc(OC)cc1. The van der Waals surface area contributed by atoms with Crippen molar-refractivity contribution in [2.45, 2.75) is 13.3 Å². The number of hydrogen-bond acceptors (Lipinski definition) is 2. The number of hydrogen-bond donors (Lipinski definition) is 0. The molecule has 0 aliphatic rings. The highest BCUT2D eigenvalue weighted by Crippen LogP contribution is 2.23. The van der Waals surface area contributed by atoms with Crippen molar-refractivity contribution in [1.82, 2.24) is 4.57 Å². The Labute approximate surface area is 133 Å². The lowest BCUT2D eigenvalue weighted by Gasteiger charge is -2.14. The molecule has 0 fully saturated rings. The van der Waals surface area contributed by atoms with E-state index in [1.165, 1.54) is 0 Å². The third-order valence-corrected chi connectivity index (χ3v) is 4.08. The number of ether oxygens (including phenoxy) is 1. The van der Waals surface area contributed by atoms with E-state index in [0.717, 1.165) is 28.9 Å². The highest BCUT2D eigenvalue weighted by Gasteiger charge is 2.12. The summed E-state index contributed by atoms with van der Waals surface area (Å²) >= 11 is 6.23. The number of nitrogens with zero attached hydrogens (tertiary/aromatic N) is 1. The van der Waals surface area contributed by atoms with Crippen LogP contribution in [-0.4, -0.2) is 11.7 Å². The summed E-state index contributed by atoms with van der Waals surface area (Å²) < 4.78 is 6.89. The molecule has 3 aromatic rings. The number of rotatable bonds is 3. The first-order valence-corrected chi connectivity index (χ1v) is 7.51. The standard InChI is InChI=1S/C18H16ClNO2/c1-3-13-11-12-5-4-6-16(19)17(12)18(21)20(13)14-7-9-15(22-2)10-8-14/h4-11H,3H2,1-2H3. The second-order valence-corrected chi connectivity index (χ2v) is 5.44. The van der Waals surface area contributed by atoms with Gasteiger partial charge in [0.1, 0.15) is 5.75 Å². The first-order valence-electron chi connectivity index (χ1n) is 7.13. The average Bonchev–Trinajstić information content (AvgIpc) is 2.54. The van der Waals surface area contributed by atoms with E-state index in [-0.39, 0.29) is 5.56 Å². The molecule has 0 saturated heterocycles. The predicted octanol–water partition coefficient (Wildman–Crippen LogP) is 4.22. The Morgan fingerprint density at radius 3 is 2.50 bits per heavy atom. The molecule has 22 heavy (non-hydrogen) atoms. The van der Waals surface area contributed by atoms with Gasteiger partial charge in [-0.2, -0.15) is 0 Å². The summed E-state index contributed by atoms with van der Waals surface area (Å²) in [7, 11) is 1.62. The van der Waals surface area contributed by atoms with Crippen LogP contribution < -0.4 is 10.3 Å². The Hall–Kier alpha value is -2.26. The maximum atomic E-state index is 12.9. The van der Waals surface area contributed by atoms with Crippen molar-refractivity contribution in [3.8, 4) is 11.4 Å². The second kappa shape index (κ2) is 5.85. The number of fused-ring (bicyclic) bond motifs is 1. The third-order valence-electron chi connectivity index (χ3n) is 3.76. The molecule has 0 atom stereocenters. The van der Waals surface area contributed by atoms with Gasteiger partial charge in [0.25, 0.3) is 5.56 Å². The van der Waals surface area contributed by atoms with E-state index < -0.39 is 0 Å². The number of halogens is 1. The summed E-state index contributed by atoms with van der Waals surface area (Å²) in [6, 6.07) is 15.0. The summed E-state index contributed by atoms with van der Waals surface area (Å²) in [5.41, 5.74) is 1.67. The molecule has 0 N–H and O–H groups in total. The molecule has 3 rings (SSSR count). The molecule has 4 heteroatoms. The molecule has 1 heterocycles. The maximum Gasteiger partial charge on any atom is 0.264 e. The summed E-state index contributed by atoms with van der Waals surface area (Å²) in [5.74, 6) is 0.758. The zero-order chi connectivity index (χ0) is 15.7. The fourth-order valence-corrected chi connectivity index (χ4v) is 2.91. The van der Waals surface area contributed by atoms with Crippen LogP contribution in [0.2, 0.25) is 5.02 Å². The Balaban J connectivity index is 2.33. The van der Waals surface area contributed by atoms with E-state index in [4.69, 9.17) is 16.3 Å². The number of methoxy groups -OCH3 is 1. The van der Waals surface area contributed by atoms with Gasteiger partial charge in [-0.25, -0.2) is 0 Å². The summed E-state index contributed by atoms with van der Waals surface area (Å²) in [6.07, 6.45) is 0.754. The van der Waals surface area contributed by atoms with Gasteiger partial charge < -0.3 is 4.74 Å². The van der Waals surface area contributed by atoms with Gasteiger partial charge in [0.05, 0.1) is 17.5 Å². The van der Waals surface area contributed by atoms with Gasteiger partial charge >= 0.3 is 0 Å². The highest BCUT2D eigenvalue weighted by atomic mass is 35.5. The second-order valence-electron chi connectivity index (χ2n) is 5.03. The van der Waals surface area contributed by atoms with E-state index in [0.29, 0.717) is 10.4 Å². The van der Waals surface area contributed by atoms with Gasteiger partial charge in [-0.15, -0.1) is 0 Å². The van der Waals surface area contributed by atoms with Crippen LogP contribution in [0, 0.1) is 0 Å². The molecule has 3 nitrogen and oxygen atoms in total. The molecule has 0 aliphatic carbocycles. The van der Waals surface area contributed by atoms with Gasteiger partial charge in [0, 0.05) is 11.4 Å². The molecule has 0 aliphatic heterocycles. The Morgan fingerprint density at radius 2 is 1.86 bits per heavy atom. The molecule has 0 radical (unpaired) electrons. The van der Waals surface area contributed by atoms with Crippen LogP contribution in [0.1, 0.15) is 12.6 Å². The van der Waals surface area contributed by atoms with E-state index in [1.807, 2.05) is 49.4 Å². The van der Waals surface area contributed by atoms with Gasteiger partial charge in [0.2, 0.25) is 0 Å². The monoisotopic (exact) mass is 313 g/mol. The normalized spacial score (nSPS) is 10.9. The molecular formula is C18H16ClNO2. The van der Waals surface area contributed by atoms with Crippen LogP contribution in [0.5, 0.6) is 5.75 Å². The Morgan fingerprint density at radius 1 is 1.14 bits per heavy atom. The summed E-state index contributed by atoms with van der Waals surface area (Å²) in [5, 5.41) is 1.91. The minimum Gasteiger partial charge on any atom is -0.497 e. The van der Waals surface area contributed by atoms with Gasteiger partial charge in [-0.1, -0.05) is 30.7 Å². The first kappa shape index (κ1) is 14.7. The number of pyridine rings is 1. The van der Waals surface area contributed by atoms with E-state index in [1.54, 1.807) is 17.7 Å². The van der Waals surface area contributed by atoms with Crippen LogP contribution in [-0.2, 0) is 6.42 Å². The third kappa shape index (κ3) is 2.38. The lowest BCUT2D eigenvalue weighted by molar-refractivity contribution is 0.414. The van der Waals surface area contributed by atoms with E-state index >= 15 is 0 Å². The van der Waals surface area contributed by atoms with Gasteiger partial charge in [-0.3, -0.25) is 9.36 Å². The fraction of sp³-hybridized carbons (Fsp3) is 0.167. The molecule has 0 spiro atoms. The van der Waals surface area contributed by atoms with Crippen molar-refractivity contribution in [3.63, 3.8) is 0 Å². The van der Waals surface area contributed by atoms with Crippen LogP contribution in [0.15, 0.2) is 53.3 Å². The number of aryl methyl sites for hydroxylation is 1. The number of benzene rings is 2. The molecule has 0 bridgehead atoms. The van der Waals surface area contributed by atoms with Crippen molar-refractivity contribution in [2.75, 3.05) is 7.11 Å². The topological polar surface area (TPSA) is 31.2 Å². The van der Waals surface area contributed by atoms with Crippen LogP contribution >= 0.6 is 11.6 Å². The Bertz CT molecular complexity index is 882. The van der Waals surface area contributed by atoms with Crippen LogP contribution in [0.4, 0.5) is 0 Å². The zero-order valence-electron chi connectivity index (χ0n) is 12.5. The Kier molecular flexibility index (Phi) is 3.90. The van der Waals surface area contributed by atoms with E-state index in [9.17, 15) is 4.79 Å². The van der Waals surface area contributed by atoms with Gasteiger partial charge in [-0.05, 0) is 48.2 Å². The molecule has 0 amide bonds. The average molecular weight is 314 g/mol. The van der Waals surface area contributed by atoms with Crippen molar-refractivity contribution in [3.05, 3.63) is 69.6 Å². The maximum absolute atomic E-state index is 12.9. The van der Waals surface area contributed by atoms with Crippen molar-refractivity contribution in [1.29, 1.82) is 0 Å². The fourth-order valence-electron chi connectivity index (χ4n) is 2.65. The minimum atomic E-state index is -0.0925. The molecule has 1 aromatic heterocycles. The number of aromatic nitrogens is 1. The van der Waals surface area contributed by atoms with Crippen LogP contribution in [0.3, 0.4) is 0 Å². The van der Waals surface area contributed by atoms with Crippen molar-refractivity contribution in [2.24, 2.45) is 0 Å². The lowest BCUT2D eigenvalue weighted by atomic mass is 10.1. The molecule has 112 valence electrons. The molecule has 0 saturated carbocycles. The quantitative estimate of drug-likeness (QED) is 0.725. The van der Waals surface area contributed by atoms with Gasteiger partial charge in [0.15, 0.2) is 0 Å². The van der Waals surface area contributed by atoms with E-state index in [2.05, 4.69) is 0 Å². The minimum absolute atomic E-state index is 0.0925. The van der Waals surface area contributed by atoms with Crippen LogP contribution in [0.25, 0.3) is 16.5 Å². The molecule has 2 aromatic carbocycles.